The molecule has 1 unspecified atom stereocenters. The fourth-order valence-corrected chi connectivity index (χ4v) is 2.22. The lowest BCUT2D eigenvalue weighted by Crippen LogP contribution is -2.17. The van der Waals surface area contributed by atoms with Gasteiger partial charge >= 0.3 is 0 Å². The van der Waals surface area contributed by atoms with Crippen LogP contribution >= 0.6 is 0 Å². The molecule has 76 valence electrons. The Morgan fingerprint density at radius 3 is 2.77 bits per heavy atom. The van der Waals surface area contributed by atoms with Crippen LogP contribution in [0.1, 0.15) is 64.7 Å². The van der Waals surface area contributed by atoms with Gasteiger partial charge in [-0.1, -0.05) is 39.0 Å². The van der Waals surface area contributed by atoms with E-state index in [2.05, 4.69) is 6.92 Å². The van der Waals surface area contributed by atoms with Crippen LogP contribution in [-0.4, -0.2) is 5.71 Å². The first-order valence-electron chi connectivity index (χ1n) is 5.92. The van der Waals surface area contributed by atoms with Gasteiger partial charge in [0, 0.05) is 5.71 Å². The molecular weight excluding hydrogens is 158 g/mol. The molecular formula is C12H23N. The maximum atomic E-state index is 7.83. The molecule has 1 fully saturated rings. The van der Waals surface area contributed by atoms with E-state index in [1.54, 1.807) is 0 Å². The lowest BCUT2D eigenvalue weighted by atomic mass is 9.84. The third-order valence-electron chi connectivity index (χ3n) is 3.15. The van der Waals surface area contributed by atoms with Gasteiger partial charge in [-0.2, -0.15) is 0 Å². The summed E-state index contributed by atoms with van der Waals surface area (Å²) >= 11 is 0. The summed E-state index contributed by atoms with van der Waals surface area (Å²) in [5.74, 6) is 0.658. The van der Waals surface area contributed by atoms with E-state index < -0.39 is 0 Å². The van der Waals surface area contributed by atoms with Crippen molar-refractivity contribution >= 4 is 5.71 Å². The summed E-state index contributed by atoms with van der Waals surface area (Å²) in [5.41, 5.74) is 1.04. The molecule has 0 bridgehead atoms. The van der Waals surface area contributed by atoms with Crippen LogP contribution in [0.15, 0.2) is 0 Å². The van der Waals surface area contributed by atoms with Crippen LogP contribution in [0.3, 0.4) is 0 Å². The molecule has 1 saturated carbocycles. The number of rotatable bonds is 5. The van der Waals surface area contributed by atoms with Crippen LogP contribution in [0, 0.1) is 11.3 Å². The summed E-state index contributed by atoms with van der Waals surface area (Å²) in [7, 11) is 0. The van der Waals surface area contributed by atoms with Gasteiger partial charge in [-0.05, 0) is 31.6 Å². The van der Waals surface area contributed by atoms with E-state index in [1.165, 1.54) is 51.4 Å². The monoisotopic (exact) mass is 181 g/mol. The van der Waals surface area contributed by atoms with Gasteiger partial charge in [-0.15, -0.1) is 0 Å². The molecule has 0 aromatic carbocycles. The number of unbranched alkanes of at least 4 members (excludes halogenated alkanes) is 3. The van der Waals surface area contributed by atoms with Crippen LogP contribution in [0.4, 0.5) is 0 Å². The van der Waals surface area contributed by atoms with E-state index in [0.29, 0.717) is 5.92 Å². The quantitative estimate of drug-likeness (QED) is 0.616. The van der Waals surface area contributed by atoms with Crippen molar-refractivity contribution in [1.29, 1.82) is 5.41 Å². The summed E-state index contributed by atoms with van der Waals surface area (Å²) < 4.78 is 0. The molecule has 0 spiro atoms. The Balaban J connectivity index is 2.08. The minimum absolute atomic E-state index is 0.658. The van der Waals surface area contributed by atoms with E-state index in [1.807, 2.05) is 0 Å². The van der Waals surface area contributed by atoms with Crippen molar-refractivity contribution in [2.75, 3.05) is 0 Å². The second kappa shape index (κ2) is 6.17. The Bertz CT molecular complexity index is 151. The molecule has 1 heteroatoms. The van der Waals surface area contributed by atoms with E-state index >= 15 is 0 Å². The van der Waals surface area contributed by atoms with Gasteiger partial charge in [0.1, 0.15) is 0 Å². The van der Waals surface area contributed by atoms with Crippen molar-refractivity contribution in [1.82, 2.24) is 0 Å². The van der Waals surface area contributed by atoms with Gasteiger partial charge in [-0.25, -0.2) is 0 Å². The smallest absolute Gasteiger partial charge is 0.0120 e. The molecule has 0 radical (unpaired) electrons. The minimum atomic E-state index is 0.658. The normalized spacial score (nSPS) is 23.5. The minimum Gasteiger partial charge on any atom is -0.309 e. The zero-order valence-electron chi connectivity index (χ0n) is 8.94. The predicted molar refractivity (Wildman–Crippen MR) is 58.4 cm³/mol. The highest BCUT2D eigenvalue weighted by atomic mass is 14.5. The first-order valence-corrected chi connectivity index (χ1v) is 5.92. The topological polar surface area (TPSA) is 23.9 Å². The molecule has 1 atom stereocenters. The van der Waals surface area contributed by atoms with Crippen molar-refractivity contribution in [2.24, 2.45) is 5.92 Å². The second-order valence-electron chi connectivity index (χ2n) is 4.32. The zero-order chi connectivity index (χ0) is 9.52. The van der Waals surface area contributed by atoms with Crippen molar-refractivity contribution in [3.63, 3.8) is 0 Å². The molecule has 1 rings (SSSR count). The fourth-order valence-electron chi connectivity index (χ4n) is 2.22. The lowest BCUT2D eigenvalue weighted by molar-refractivity contribution is 0.468. The molecule has 1 aliphatic carbocycles. The molecule has 1 N–H and O–H groups in total. The summed E-state index contributed by atoms with van der Waals surface area (Å²) in [6.45, 7) is 2.25. The van der Waals surface area contributed by atoms with Crippen LogP contribution < -0.4 is 0 Å². The van der Waals surface area contributed by atoms with Gasteiger partial charge in [0.2, 0.25) is 0 Å². The predicted octanol–water partition coefficient (Wildman–Crippen LogP) is 4.17. The molecule has 1 aliphatic rings. The van der Waals surface area contributed by atoms with Crippen LogP contribution in [0.5, 0.6) is 0 Å². The summed E-state index contributed by atoms with van der Waals surface area (Å²) in [4.78, 5) is 0. The van der Waals surface area contributed by atoms with E-state index in [4.69, 9.17) is 5.41 Å². The summed E-state index contributed by atoms with van der Waals surface area (Å²) in [6.07, 6.45) is 11.7. The highest BCUT2D eigenvalue weighted by Crippen LogP contribution is 2.25. The summed E-state index contributed by atoms with van der Waals surface area (Å²) in [5, 5.41) is 7.83. The maximum absolute atomic E-state index is 7.83. The number of nitrogens with one attached hydrogen (secondary N) is 1. The van der Waals surface area contributed by atoms with Crippen LogP contribution in [0.25, 0.3) is 0 Å². The standard InChI is InChI=1S/C12H23N/c1-2-3-4-5-8-11-9-6-7-10-12(11)13/h11,13H,2-10H2,1H3. The van der Waals surface area contributed by atoms with Crippen molar-refractivity contribution in [2.45, 2.75) is 64.7 Å². The third-order valence-corrected chi connectivity index (χ3v) is 3.15. The van der Waals surface area contributed by atoms with Crippen molar-refractivity contribution in [3.8, 4) is 0 Å². The Kier molecular flexibility index (Phi) is 5.10. The molecule has 0 aliphatic heterocycles. The number of hydrogen-bond acceptors (Lipinski definition) is 1. The molecule has 1 nitrogen and oxygen atoms in total. The highest BCUT2D eigenvalue weighted by molar-refractivity contribution is 5.84. The SMILES string of the molecule is CCCCCCC1CCCCC1=N. The molecule has 0 aromatic heterocycles. The first-order chi connectivity index (χ1) is 6.34. The maximum Gasteiger partial charge on any atom is 0.0120 e. The van der Waals surface area contributed by atoms with Gasteiger partial charge < -0.3 is 5.41 Å². The second-order valence-corrected chi connectivity index (χ2v) is 4.32. The third kappa shape index (κ3) is 3.93. The Labute approximate surface area is 82.4 Å². The van der Waals surface area contributed by atoms with Gasteiger partial charge in [-0.3, -0.25) is 0 Å². The Morgan fingerprint density at radius 1 is 1.23 bits per heavy atom. The Morgan fingerprint density at radius 2 is 2.08 bits per heavy atom. The highest BCUT2D eigenvalue weighted by Gasteiger charge is 2.17. The number of hydrogen-bond donors (Lipinski definition) is 1. The van der Waals surface area contributed by atoms with E-state index in [0.717, 1.165) is 12.1 Å². The van der Waals surface area contributed by atoms with Crippen LogP contribution in [0.2, 0.25) is 0 Å². The van der Waals surface area contributed by atoms with Crippen molar-refractivity contribution in [3.05, 3.63) is 0 Å². The van der Waals surface area contributed by atoms with E-state index in [9.17, 15) is 0 Å². The Hall–Kier alpha value is -0.330. The van der Waals surface area contributed by atoms with Crippen LogP contribution in [-0.2, 0) is 0 Å². The average molecular weight is 181 g/mol. The average Bonchev–Trinajstić information content (AvgIpc) is 2.15. The molecule has 0 amide bonds. The van der Waals surface area contributed by atoms with Gasteiger partial charge in [0.05, 0.1) is 0 Å². The largest absolute Gasteiger partial charge is 0.309 e. The molecule has 0 saturated heterocycles. The van der Waals surface area contributed by atoms with Crippen molar-refractivity contribution < 1.29 is 0 Å². The van der Waals surface area contributed by atoms with E-state index in [-0.39, 0.29) is 0 Å². The van der Waals surface area contributed by atoms with Gasteiger partial charge in [0.15, 0.2) is 0 Å². The van der Waals surface area contributed by atoms with Gasteiger partial charge in [0.25, 0.3) is 0 Å². The fraction of sp³-hybridized carbons (Fsp3) is 0.917. The lowest BCUT2D eigenvalue weighted by Gasteiger charge is -2.22. The molecule has 13 heavy (non-hydrogen) atoms. The summed E-state index contributed by atoms with van der Waals surface area (Å²) in [6, 6.07) is 0. The molecule has 0 heterocycles. The first kappa shape index (κ1) is 10.7. The zero-order valence-corrected chi connectivity index (χ0v) is 8.94. The molecule has 0 aromatic rings.